The minimum atomic E-state index is -0.157. The molecule has 0 fully saturated rings. The van der Waals surface area contributed by atoms with Crippen LogP contribution in [-0.4, -0.2) is 10.6 Å². The van der Waals surface area contributed by atoms with Crippen molar-refractivity contribution in [2.75, 3.05) is 5.73 Å². The Morgan fingerprint density at radius 2 is 2.15 bits per heavy atom. The van der Waals surface area contributed by atoms with Gasteiger partial charge in [0.2, 0.25) is 0 Å². The third kappa shape index (κ3) is 2.93. The van der Waals surface area contributed by atoms with Crippen molar-refractivity contribution in [2.45, 2.75) is 32.8 Å². The Bertz CT molecular complexity index is 284. The summed E-state index contributed by atoms with van der Waals surface area (Å²) >= 11 is 0. The first-order valence-electron chi connectivity index (χ1n) is 4.43. The molecule has 0 radical (unpaired) electrons. The highest BCUT2D eigenvalue weighted by Gasteiger charge is 2.16. The molecule has 0 bridgehead atoms. The fourth-order valence-electron chi connectivity index (χ4n) is 0.883. The van der Waals surface area contributed by atoms with Gasteiger partial charge < -0.3 is 10.5 Å². The van der Waals surface area contributed by atoms with Crippen LogP contribution in [0.2, 0.25) is 0 Å². The second-order valence-corrected chi connectivity index (χ2v) is 3.67. The van der Waals surface area contributed by atoms with E-state index in [1.165, 1.54) is 0 Å². The molecule has 3 nitrogen and oxygen atoms in total. The van der Waals surface area contributed by atoms with Crippen LogP contribution in [0.25, 0.3) is 0 Å². The number of nitrogens with two attached hydrogens (primary N) is 1. The summed E-state index contributed by atoms with van der Waals surface area (Å²) < 4.78 is 5.69. The lowest BCUT2D eigenvalue weighted by Gasteiger charge is -2.24. The molecule has 0 unspecified atom stereocenters. The molecule has 72 valence electrons. The van der Waals surface area contributed by atoms with Gasteiger partial charge in [0.05, 0.1) is 18.1 Å². The molecule has 1 heterocycles. The van der Waals surface area contributed by atoms with Crippen molar-refractivity contribution in [2.24, 2.45) is 0 Å². The molecular weight excluding hydrogens is 164 g/mol. The number of anilines is 1. The maximum Gasteiger partial charge on any atom is 0.140 e. The van der Waals surface area contributed by atoms with Gasteiger partial charge in [-0.05, 0) is 20.3 Å². The summed E-state index contributed by atoms with van der Waals surface area (Å²) in [6, 6.07) is 1.78. The molecule has 3 heteroatoms. The van der Waals surface area contributed by atoms with E-state index in [0.29, 0.717) is 5.69 Å². The molecule has 1 aromatic heterocycles. The molecule has 0 aliphatic heterocycles. The second-order valence-electron chi connectivity index (χ2n) is 3.67. The summed E-state index contributed by atoms with van der Waals surface area (Å²) in [7, 11) is 0. The normalized spacial score (nSPS) is 11.3. The molecule has 0 spiro atoms. The van der Waals surface area contributed by atoms with Crippen LogP contribution >= 0.6 is 0 Å². The second kappa shape index (κ2) is 3.64. The number of ether oxygens (including phenoxy) is 1. The Labute approximate surface area is 78.9 Å². The maximum atomic E-state index is 5.69. The Kier molecular flexibility index (Phi) is 2.76. The zero-order chi connectivity index (χ0) is 9.90. The van der Waals surface area contributed by atoms with Gasteiger partial charge in [-0.25, -0.2) is 0 Å². The minimum absolute atomic E-state index is 0.157. The van der Waals surface area contributed by atoms with Crippen LogP contribution in [0.1, 0.15) is 27.2 Å². The first-order chi connectivity index (χ1) is 6.03. The maximum absolute atomic E-state index is 5.69. The van der Waals surface area contributed by atoms with Crippen LogP contribution in [0.15, 0.2) is 18.5 Å². The van der Waals surface area contributed by atoms with Crippen LogP contribution in [0.5, 0.6) is 5.75 Å². The van der Waals surface area contributed by atoms with Crippen molar-refractivity contribution in [1.29, 1.82) is 0 Å². The number of hydrogen-bond donors (Lipinski definition) is 1. The number of aromatic nitrogens is 1. The summed E-state index contributed by atoms with van der Waals surface area (Å²) in [4.78, 5) is 3.95. The molecule has 1 rings (SSSR count). The van der Waals surface area contributed by atoms with E-state index in [-0.39, 0.29) is 5.60 Å². The number of rotatable bonds is 3. The minimum Gasteiger partial charge on any atom is -0.486 e. The van der Waals surface area contributed by atoms with E-state index in [0.717, 1.165) is 12.2 Å². The molecule has 0 amide bonds. The Hall–Kier alpha value is -1.25. The van der Waals surface area contributed by atoms with Crippen molar-refractivity contribution in [1.82, 2.24) is 4.98 Å². The zero-order valence-electron chi connectivity index (χ0n) is 8.37. The van der Waals surface area contributed by atoms with Crippen LogP contribution in [0.3, 0.4) is 0 Å². The van der Waals surface area contributed by atoms with Crippen LogP contribution in [0, 0.1) is 0 Å². The largest absolute Gasteiger partial charge is 0.486 e. The molecular formula is C10H16N2O. The average molecular weight is 180 g/mol. The Morgan fingerprint density at radius 3 is 2.69 bits per heavy atom. The van der Waals surface area contributed by atoms with Crippen LogP contribution < -0.4 is 10.5 Å². The van der Waals surface area contributed by atoms with Crippen LogP contribution in [-0.2, 0) is 0 Å². The van der Waals surface area contributed by atoms with E-state index in [4.69, 9.17) is 10.5 Å². The molecule has 13 heavy (non-hydrogen) atoms. The fourth-order valence-corrected chi connectivity index (χ4v) is 0.883. The Balaban J connectivity index is 2.74. The van der Waals surface area contributed by atoms with Gasteiger partial charge in [0.1, 0.15) is 11.4 Å². The van der Waals surface area contributed by atoms with Crippen molar-refractivity contribution < 1.29 is 4.74 Å². The zero-order valence-corrected chi connectivity index (χ0v) is 8.37. The van der Waals surface area contributed by atoms with Crippen molar-refractivity contribution in [3.63, 3.8) is 0 Å². The standard InChI is InChI=1S/C10H16N2O/c1-4-10(2,3)13-9-5-8(11)6-12-7-9/h5-7H,4,11H2,1-3H3. The molecule has 0 aromatic carbocycles. The van der Waals surface area contributed by atoms with Gasteiger partial charge in [0.15, 0.2) is 0 Å². The summed E-state index contributed by atoms with van der Waals surface area (Å²) in [5, 5.41) is 0. The molecule has 0 aliphatic rings. The lowest BCUT2D eigenvalue weighted by molar-refractivity contribution is 0.105. The van der Waals surface area contributed by atoms with E-state index in [2.05, 4.69) is 11.9 Å². The fraction of sp³-hybridized carbons (Fsp3) is 0.500. The van der Waals surface area contributed by atoms with Gasteiger partial charge in [-0.1, -0.05) is 6.92 Å². The number of nitrogens with zero attached hydrogens (tertiary/aromatic N) is 1. The third-order valence-corrected chi connectivity index (χ3v) is 1.98. The summed E-state index contributed by atoms with van der Waals surface area (Å²) in [6.45, 7) is 6.16. The van der Waals surface area contributed by atoms with E-state index in [1.54, 1.807) is 18.5 Å². The molecule has 0 saturated carbocycles. The van der Waals surface area contributed by atoms with Gasteiger partial charge in [-0.3, -0.25) is 4.98 Å². The SMILES string of the molecule is CCC(C)(C)Oc1cncc(N)c1. The van der Waals surface area contributed by atoms with E-state index < -0.39 is 0 Å². The summed E-state index contributed by atoms with van der Waals surface area (Å²) in [5.74, 6) is 0.729. The first kappa shape index (κ1) is 9.84. The molecule has 2 N–H and O–H groups in total. The van der Waals surface area contributed by atoms with Gasteiger partial charge in [-0.2, -0.15) is 0 Å². The molecule has 1 aromatic rings. The highest BCUT2D eigenvalue weighted by Crippen LogP contribution is 2.21. The smallest absolute Gasteiger partial charge is 0.140 e. The number of nitrogen functional groups attached to an aromatic ring is 1. The highest BCUT2D eigenvalue weighted by atomic mass is 16.5. The molecule has 0 aliphatic carbocycles. The van der Waals surface area contributed by atoms with Gasteiger partial charge in [-0.15, -0.1) is 0 Å². The van der Waals surface area contributed by atoms with E-state index in [1.807, 2.05) is 13.8 Å². The summed E-state index contributed by atoms with van der Waals surface area (Å²) in [5.41, 5.74) is 6.05. The van der Waals surface area contributed by atoms with Gasteiger partial charge >= 0.3 is 0 Å². The molecule has 0 atom stereocenters. The number of pyridine rings is 1. The first-order valence-corrected chi connectivity index (χ1v) is 4.43. The third-order valence-electron chi connectivity index (χ3n) is 1.98. The van der Waals surface area contributed by atoms with Crippen molar-refractivity contribution in [3.8, 4) is 5.75 Å². The topological polar surface area (TPSA) is 48.1 Å². The van der Waals surface area contributed by atoms with Crippen LogP contribution in [0.4, 0.5) is 5.69 Å². The summed E-state index contributed by atoms with van der Waals surface area (Å²) in [6.07, 6.45) is 4.22. The quantitative estimate of drug-likeness (QED) is 0.776. The van der Waals surface area contributed by atoms with E-state index >= 15 is 0 Å². The number of hydrogen-bond acceptors (Lipinski definition) is 3. The highest BCUT2D eigenvalue weighted by molar-refractivity contribution is 5.40. The monoisotopic (exact) mass is 180 g/mol. The molecule has 0 saturated heterocycles. The lowest BCUT2D eigenvalue weighted by atomic mass is 10.1. The Morgan fingerprint density at radius 1 is 1.46 bits per heavy atom. The van der Waals surface area contributed by atoms with Crippen molar-refractivity contribution in [3.05, 3.63) is 18.5 Å². The van der Waals surface area contributed by atoms with E-state index in [9.17, 15) is 0 Å². The average Bonchev–Trinajstić information content (AvgIpc) is 2.03. The predicted octanol–water partition coefficient (Wildman–Crippen LogP) is 2.23. The van der Waals surface area contributed by atoms with Crippen molar-refractivity contribution >= 4 is 5.69 Å². The van der Waals surface area contributed by atoms with Gasteiger partial charge in [0.25, 0.3) is 0 Å². The predicted molar refractivity (Wildman–Crippen MR) is 53.6 cm³/mol. The van der Waals surface area contributed by atoms with Gasteiger partial charge in [0, 0.05) is 6.07 Å². The lowest BCUT2D eigenvalue weighted by Crippen LogP contribution is -2.26.